The van der Waals surface area contributed by atoms with Gasteiger partial charge in [-0.2, -0.15) is 11.3 Å². The van der Waals surface area contributed by atoms with Crippen molar-refractivity contribution in [2.24, 2.45) is 0 Å². The smallest absolute Gasteiger partial charge is 0.289 e. The molecule has 0 bridgehead atoms. The Morgan fingerprint density at radius 1 is 1.21 bits per heavy atom. The van der Waals surface area contributed by atoms with Crippen molar-refractivity contribution in [1.29, 1.82) is 0 Å². The number of furan rings is 1. The molecular weight excluding hydrogens is 374 g/mol. The lowest BCUT2D eigenvalue weighted by atomic mass is 10.1. The van der Waals surface area contributed by atoms with Crippen LogP contribution in [0, 0.1) is 0 Å². The number of hydrogen-bond acceptors (Lipinski definition) is 6. The van der Waals surface area contributed by atoms with Crippen LogP contribution in [0.2, 0.25) is 0 Å². The Morgan fingerprint density at radius 2 is 2.14 bits per heavy atom. The van der Waals surface area contributed by atoms with E-state index in [4.69, 9.17) is 4.42 Å². The molecule has 1 fully saturated rings. The van der Waals surface area contributed by atoms with Crippen LogP contribution in [-0.4, -0.2) is 57.2 Å². The molecule has 1 atom stereocenters. The van der Waals surface area contributed by atoms with Crippen LogP contribution in [0.4, 0.5) is 0 Å². The van der Waals surface area contributed by atoms with Crippen LogP contribution in [-0.2, 0) is 0 Å². The fourth-order valence-corrected chi connectivity index (χ4v) is 4.33. The molecule has 4 aromatic heterocycles. The normalized spacial score (nSPS) is 18.0. The number of fused-ring (bicyclic) bond motifs is 1. The second-order valence-corrected chi connectivity index (χ2v) is 7.74. The molecule has 5 heterocycles. The van der Waals surface area contributed by atoms with E-state index in [-0.39, 0.29) is 11.9 Å². The van der Waals surface area contributed by atoms with Gasteiger partial charge in [0.15, 0.2) is 5.76 Å². The quantitative estimate of drug-likeness (QED) is 0.535. The Balaban J connectivity index is 1.45. The summed E-state index contributed by atoms with van der Waals surface area (Å²) in [5.41, 5.74) is 4.13. The van der Waals surface area contributed by atoms with Crippen molar-refractivity contribution in [3.05, 3.63) is 65.0 Å². The standard InChI is InChI=1S/C20H19N5O2S/c1-23-7-8-24(20(26)18-3-2-9-27-18)12-17(23)19-16-5-4-14(11-25(16)22-21-19)15-6-10-28-13-15/h2-6,9-11,13,17H,7-8,12H2,1H3/t17-/m1/s1. The van der Waals surface area contributed by atoms with E-state index in [2.05, 4.69) is 51.2 Å². The van der Waals surface area contributed by atoms with Gasteiger partial charge in [0.1, 0.15) is 5.69 Å². The summed E-state index contributed by atoms with van der Waals surface area (Å²) in [7, 11) is 2.06. The Hall–Kier alpha value is -2.97. The second kappa shape index (κ2) is 6.88. The van der Waals surface area contributed by atoms with E-state index < -0.39 is 0 Å². The van der Waals surface area contributed by atoms with Crippen LogP contribution in [0.3, 0.4) is 0 Å². The van der Waals surface area contributed by atoms with Gasteiger partial charge in [0.05, 0.1) is 17.8 Å². The number of nitrogens with zero attached hydrogens (tertiary/aromatic N) is 5. The summed E-state index contributed by atoms with van der Waals surface area (Å²) in [6.45, 7) is 1.98. The Bertz CT molecular complexity index is 1100. The number of likely N-dealkylation sites (N-methyl/N-ethyl adjacent to an activating group) is 1. The molecule has 8 heteroatoms. The third kappa shape index (κ3) is 2.90. The fourth-order valence-electron chi connectivity index (χ4n) is 3.66. The van der Waals surface area contributed by atoms with Gasteiger partial charge in [-0.1, -0.05) is 11.3 Å². The predicted molar refractivity (Wildman–Crippen MR) is 106 cm³/mol. The van der Waals surface area contributed by atoms with E-state index in [1.807, 2.05) is 15.6 Å². The van der Waals surface area contributed by atoms with Crippen molar-refractivity contribution in [3.8, 4) is 11.1 Å². The maximum absolute atomic E-state index is 12.7. The van der Waals surface area contributed by atoms with Crippen LogP contribution in [0.5, 0.6) is 0 Å². The SMILES string of the molecule is CN1CCN(C(=O)c2ccco2)C[C@@H]1c1nnn2cc(-c3ccsc3)ccc12. The van der Waals surface area contributed by atoms with E-state index in [0.29, 0.717) is 18.8 Å². The third-order valence-corrected chi connectivity index (χ3v) is 5.96. The lowest BCUT2D eigenvalue weighted by Gasteiger charge is -2.38. The van der Waals surface area contributed by atoms with E-state index >= 15 is 0 Å². The summed E-state index contributed by atoms with van der Waals surface area (Å²) in [4.78, 5) is 16.7. The molecule has 1 saturated heterocycles. The zero-order valence-electron chi connectivity index (χ0n) is 15.4. The zero-order chi connectivity index (χ0) is 19.1. The first-order valence-electron chi connectivity index (χ1n) is 9.11. The van der Waals surface area contributed by atoms with Gasteiger partial charge in [-0.3, -0.25) is 9.69 Å². The average Bonchev–Trinajstić information content (AvgIpc) is 3.48. The van der Waals surface area contributed by atoms with Gasteiger partial charge in [0.25, 0.3) is 5.91 Å². The van der Waals surface area contributed by atoms with Crippen molar-refractivity contribution in [1.82, 2.24) is 24.6 Å². The summed E-state index contributed by atoms with van der Waals surface area (Å²) < 4.78 is 7.11. The fraction of sp³-hybridized carbons (Fsp3) is 0.250. The number of piperazine rings is 1. The number of rotatable bonds is 3. The molecule has 0 aromatic carbocycles. The first-order valence-corrected chi connectivity index (χ1v) is 10.1. The summed E-state index contributed by atoms with van der Waals surface area (Å²) in [5, 5.41) is 13.0. The van der Waals surface area contributed by atoms with Gasteiger partial charge in [-0.05, 0) is 47.6 Å². The molecule has 28 heavy (non-hydrogen) atoms. The molecule has 142 valence electrons. The minimum atomic E-state index is -0.0840. The Morgan fingerprint density at radius 3 is 2.93 bits per heavy atom. The highest BCUT2D eigenvalue weighted by molar-refractivity contribution is 7.08. The molecule has 0 spiro atoms. The number of carbonyl (C=O) groups excluding carboxylic acids is 1. The van der Waals surface area contributed by atoms with E-state index in [1.165, 1.54) is 11.8 Å². The minimum Gasteiger partial charge on any atom is -0.459 e. The van der Waals surface area contributed by atoms with Crippen molar-refractivity contribution < 1.29 is 9.21 Å². The molecule has 0 radical (unpaired) electrons. The molecule has 1 amide bonds. The summed E-state index contributed by atoms with van der Waals surface area (Å²) in [5.74, 6) is 0.288. The van der Waals surface area contributed by atoms with Crippen molar-refractivity contribution in [2.75, 3.05) is 26.7 Å². The highest BCUT2D eigenvalue weighted by atomic mass is 32.1. The summed E-state index contributed by atoms with van der Waals surface area (Å²) in [6.07, 6.45) is 3.53. The van der Waals surface area contributed by atoms with Gasteiger partial charge in [-0.25, -0.2) is 4.52 Å². The van der Waals surface area contributed by atoms with Crippen molar-refractivity contribution >= 4 is 22.8 Å². The molecule has 1 aliphatic heterocycles. The molecule has 0 aliphatic carbocycles. The lowest BCUT2D eigenvalue weighted by molar-refractivity contribution is 0.0513. The summed E-state index contributed by atoms with van der Waals surface area (Å²) in [6, 6.07) is 9.67. The van der Waals surface area contributed by atoms with Crippen LogP contribution >= 0.6 is 11.3 Å². The zero-order valence-corrected chi connectivity index (χ0v) is 16.2. The van der Waals surface area contributed by atoms with Crippen molar-refractivity contribution in [2.45, 2.75) is 6.04 Å². The molecular formula is C20H19N5O2S. The van der Waals surface area contributed by atoms with Crippen LogP contribution in [0.1, 0.15) is 22.3 Å². The number of pyridine rings is 1. The number of thiophene rings is 1. The molecule has 0 unspecified atom stereocenters. The minimum absolute atomic E-state index is 0.0165. The molecule has 5 rings (SSSR count). The number of hydrogen-bond donors (Lipinski definition) is 0. The van der Waals surface area contributed by atoms with Crippen LogP contribution < -0.4 is 0 Å². The van der Waals surface area contributed by atoms with Gasteiger partial charge < -0.3 is 9.32 Å². The molecule has 0 saturated carbocycles. The Labute approximate surface area is 165 Å². The topological polar surface area (TPSA) is 66.9 Å². The van der Waals surface area contributed by atoms with E-state index in [0.717, 1.165) is 23.3 Å². The average molecular weight is 393 g/mol. The van der Waals surface area contributed by atoms with Gasteiger partial charge >= 0.3 is 0 Å². The first-order chi connectivity index (χ1) is 13.7. The number of amides is 1. The number of aromatic nitrogens is 3. The van der Waals surface area contributed by atoms with Gasteiger partial charge in [-0.15, -0.1) is 5.10 Å². The molecule has 0 N–H and O–H groups in total. The highest BCUT2D eigenvalue weighted by Crippen LogP contribution is 2.29. The largest absolute Gasteiger partial charge is 0.459 e. The van der Waals surface area contributed by atoms with E-state index in [9.17, 15) is 4.79 Å². The molecule has 4 aromatic rings. The predicted octanol–water partition coefficient (Wildman–Crippen LogP) is 3.18. The van der Waals surface area contributed by atoms with E-state index in [1.54, 1.807) is 23.5 Å². The monoisotopic (exact) mass is 393 g/mol. The van der Waals surface area contributed by atoms with Crippen molar-refractivity contribution in [3.63, 3.8) is 0 Å². The Kier molecular flexibility index (Phi) is 4.22. The number of carbonyl (C=O) groups is 1. The second-order valence-electron chi connectivity index (χ2n) is 6.96. The molecule has 1 aliphatic rings. The molecule has 7 nitrogen and oxygen atoms in total. The summed E-state index contributed by atoms with van der Waals surface area (Å²) >= 11 is 1.67. The first kappa shape index (κ1) is 17.2. The maximum atomic E-state index is 12.7. The lowest BCUT2D eigenvalue weighted by Crippen LogP contribution is -2.49. The highest BCUT2D eigenvalue weighted by Gasteiger charge is 2.32. The van der Waals surface area contributed by atoms with Crippen LogP contribution in [0.25, 0.3) is 16.6 Å². The van der Waals surface area contributed by atoms with Gasteiger partial charge in [0, 0.05) is 31.4 Å². The maximum Gasteiger partial charge on any atom is 0.289 e. The van der Waals surface area contributed by atoms with Crippen LogP contribution in [0.15, 0.2) is 58.0 Å². The third-order valence-electron chi connectivity index (χ3n) is 5.28. The van der Waals surface area contributed by atoms with Gasteiger partial charge in [0.2, 0.25) is 0 Å².